The van der Waals surface area contributed by atoms with Gasteiger partial charge in [0.25, 0.3) is 0 Å². The van der Waals surface area contributed by atoms with Crippen molar-refractivity contribution in [1.82, 2.24) is 19.9 Å². The monoisotopic (exact) mass is 359 g/mol. The quantitative estimate of drug-likeness (QED) is 0.752. The number of likely N-dealkylation sites (N-methyl/N-ethyl adjacent to an activating group) is 1. The van der Waals surface area contributed by atoms with Crippen molar-refractivity contribution in [2.45, 2.75) is 12.5 Å². The van der Waals surface area contributed by atoms with Crippen LogP contribution >= 0.6 is 0 Å². The summed E-state index contributed by atoms with van der Waals surface area (Å²) in [5.74, 6) is 3.10. The van der Waals surface area contributed by atoms with Gasteiger partial charge in [-0.05, 0) is 6.42 Å². The summed E-state index contributed by atoms with van der Waals surface area (Å²) in [5, 5.41) is 0. The molecular weight excluding hydrogens is 334 g/mol. The van der Waals surface area contributed by atoms with Crippen LogP contribution in [-0.2, 0) is 0 Å². The fraction of sp³-hybridized carbons (Fsp3) is 0.529. The lowest BCUT2D eigenvalue weighted by Crippen LogP contribution is -2.35. The van der Waals surface area contributed by atoms with Crippen molar-refractivity contribution in [3.63, 3.8) is 0 Å². The summed E-state index contributed by atoms with van der Waals surface area (Å²) in [5.41, 5.74) is 0. The third-order valence-electron chi connectivity index (χ3n) is 4.55. The molecule has 0 spiro atoms. The van der Waals surface area contributed by atoms with Crippen LogP contribution in [0.5, 0.6) is 11.9 Å². The number of anilines is 3. The molecule has 1 saturated heterocycles. The van der Waals surface area contributed by atoms with Gasteiger partial charge in [0.05, 0.1) is 14.2 Å². The first-order valence-corrected chi connectivity index (χ1v) is 8.46. The van der Waals surface area contributed by atoms with Crippen molar-refractivity contribution in [1.29, 1.82) is 0 Å². The Morgan fingerprint density at radius 1 is 1.04 bits per heavy atom. The largest absolute Gasteiger partial charge is 0.481 e. The van der Waals surface area contributed by atoms with Crippen LogP contribution < -0.4 is 24.2 Å². The standard InChI is InChI=1S/C17H25N7O2/c1-22(2)13-8-14(19-11-18-13)23(3)12-6-7-24(10-12)15-9-16(25-4)21-17(20-15)26-5/h8-9,11-12H,6-7,10H2,1-5H3. The van der Waals surface area contributed by atoms with E-state index in [-0.39, 0.29) is 0 Å². The van der Waals surface area contributed by atoms with Crippen LogP contribution in [0.25, 0.3) is 0 Å². The van der Waals surface area contributed by atoms with E-state index in [0.29, 0.717) is 17.9 Å². The summed E-state index contributed by atoms with van der Waals surface area (Å²) < 4.78 is 10.4. The first kappa shape index (κ1) is 18.0. The molecule has 0 amide bonds. The van der Waals surface area contributed by atoms with Gasteiger partial charge >= 0.3 is 6.01 Å². The Morgan fingerprint density at radius 3 is 2.50 bits per heavy atom. The fourth-order valence-corrected chi connectivity index (χ4v) is 2.98. The molecule has 9 heteroatoms. The van der Waals surface area contributed by atoms with Crippen molar-refractivity contribution >= 4 is 17.5 Å². The molecule has 3 heterocycles. The second-order valence-electron chi connectivity index (χ2n) is 6.38. The molecular formula is C17H25N7O2. The molecule has 1 atom stereocenters. The lowest BCUT2D eigenvalue weighted by molar-refractivity contribution is 0.352. The van der Waals surface area contributed by atoms with Crippen LogP contribution in [0.4, 0.5) is 17.5 Å². The van der Waals surface area contributed by atoms with Crippen LogP contribution in [0.2, 0.25) is 0 Å². The van der Waals surface area contributed by atoms with Crippen LogP contribution in [0, 0.1) is 0 Å². The maximum absolute atomic E-state index is 5.25. The number of hydrogen-bond acceptors (Lipinski definition) is 9. The summed E-state index contributed by atoms with van der Waals surface area (Å²) in [4.78, 5) is 23.7. The zero-order valence-corrected chi connectivity index (χ0v) is 15.9. The molecule has 0 N–H and O–H groups in total. The average molecular weight is 359 g/mol. The Balaban J connectivity index is 1.75. The molecule has 1 aliphatic heterocycles. The van der Waals surface area contributed by atoms with E-state index < -0.39 is 0 Å². The molecule has 9 nitrogen and oxygen atoms in total. The predicted molar refractivity (Wildman–Crippen MR) is 101 cm³/mol. The Kier molecular flexibility index (Phi) is 5.24. The molecule has 1 unspecified atom stereocenters. The molecule has 1 fully saturated rings. The second-order valence-corrected chi connectivity index (χ2v) is 6.38. The maximum Gasteiger partial charge on any atom is 0.321 e. The minimum Gasteiger partial charge on any atom is -0.481 e. The lowest BCUT2D eigenvalue weighted by Gasteiger charge is -2.26. The van der Waals surface area contributed by atoms with Crippen LogP contribution in [0.3, 0.4) is 0 Å². The van der Waals surface area contributed by atoms with E-state index in [1.54, 1.807) is 20.5 Å². The SMILES string of the molecule is COc1cc(N2CCC(N(C)c3cc(N(C)C)ncn3)C2)nc(OC)n1. The molecule has 3 rings (SSSR count). The summed E-state index contributed by atoms with van der Waals surface area (Å²) in [6.07, 6.45) is 2.61. The van der Waals surface area contributed by atoms with Crippen molar-refractivity contribution in [2.24, 2.45) is 0 Å². The van der Waals surface area contributed by atoms with E-state index in [9.17, 15) is 0 Å². The summed E-state index contributed by atoms with van der Waals surface area (Å²) in [6.45, 7) is 1.73. The highest BCUT2D eigenvalue weighted by atomic mass is 16.5. The van der Waals surface area contributed by atoms with Gasteiger partial charge < -0.3 is 24.2 Å². The van der Waals surface area contributed by atoms with E-state index in [1.165, 1.54) is 0 Å². The Bertz CT molecular complexity index is 733. The van der Waals surface area contributed by atoms with Crippen molar-refractivity contribution in [2.75, 3.05) is 63.2 Å². The molecule has 0 saturated carbocycles. The Morgan fingerprint density at radius 2 is 1.81 bits per heavy atom. The number of rotatable bonds is 6. The molecule has 26 heavy (non-hydrogen) atoms. The van der Waals surface area contributed by atoms with Gasteiger partial charge in [-0.15, -0.1) is 0 Å². The minimum atomic E-state index is 0.308. The van der Waals surface area contributed by atoms with E-state index in [4.69, 9.17) is 9.47 Å². The van der Waals surface area contributed by atoms with Crippen molar-refractivity contribution < 1.29 is 9.47 Å². The number of ether oxygens (including phenoxy) is 2. The van der Waals surface area contributed by atoms with Crippen LogP contribution in [0.15, 0.2) is 18.5 Å². The molecule has 2 aromatic rings. The zero-order valence-electron chi connectivity index (χ0n) is 15.9. The van der Waals surface area contributed by atoms with Gasteiger partial charge in [-0.2, -0.15) is 9.97 Å². The third-order valence-corrected chi connectivity index (χ3v) is 4.55. The van der Waals surface area contributed by atoms with Gasteiger partial charge in [0.2, 0.25) is 5.88 Å². The number of hydrogen-bond donors (Lipinski definition) is 0. The Hall–Kier alpha value is -2.84. The second kappa shape index (κ2) is 7.59. The average Bonchev–Trinajstić information content (AvgIpc) is 3.17. The van der Waals surface area contributed by atoms with Crippen LogP contribution in [-0.4, -0.2) is 74.4 Å². The molecule has 0 aliphatic carbocycles. The van der Waals surface area contributed by atoms with Crippen molar-refractivity contribution in [3.05, 3.63) is 18.5 Å². The zero-order chi connectivity index (χ0) is 18.7. The maximum atomic E-state index is 5.25. The lowest BCUT2D eigenvalue weighted by atomic mass is 10.2. The van der Waals surface area contributed by atoms with E-state index in [1.807, 2.05) is 31.1 Å². The highest BCUT2D eigenvalue weighted by Gasteiger charge is 2.28. The summed E-state index contributed by atoms with van der Waals surface area (Å²) in [7, 11) is 9.15. The van der Waals surface area contributed by atoms with Gasteiger partial charge in [-0.3, -0.25) is 0 Å². The third kappa shape index (κ3) is 3.71. The van der Waals surface area contributed by atoms with Gasteiger partial charge in [-0.1, -0.05) is 0 Å². The number of nitrogens with zero attached hydrogens (tertiary/aromatic N) is 7. The molecule has 0 aromatic carbocycles. The van der Waals surface area contributed by atoms with Gasteiger partial charge in [0.15, 0.2) is 0 Å². The van der Waals surface area contributed by atoms with Crippen molar-refractivity contribution in [3.8, 4) is 11.9 Å². The van der Waals surface area contributed by atoms with Gasteiger partial charge in [0, 0.05) is 52.4 Å². The topological polar surface area (TPSA) is 79.7 Å². The molecule has 1 aliphatic rings. The highest BCUT2D eigenvalue weighted by molar-refractivity contribution is 5.51. The number of aromatic nitrogens is 4. The van der Waals surface area contributed by atoms with E-state index in [0.717, 1.165) is 37.0 Å². The van der Waals surface area contributed by atoms with E-state index >= 15 is 0 Å². The first-order chi connectivity index (χ1) is 12.5. The first-order valence-electron chi connectivity index (χ1n) is 8.46. The number of methoxy groups -OCH3 is 2. The molecule has 2 aromatic heterocycles. The highest BCUT2D eigenvalue weighted by Crippen LogP contribution is 2.27. The summed E-state index contributed by atoms with van der Waals surface area (Å²) >= 11 is 0. The fourth-order valence-electron chi connectivity index (χ4n) is 2.98. The smallest absolute Gasteiger partial charge is 0.321 e. The molecule has 0 radical (unpaired) electrons. The van der Waals surface area contributed by atoms with E-state index in [2.05, 4.69) is 36.8 Å². The summed E-state index contributed by atoms with van der Waals surface area (Å²) in [6, 6.07) is 4.47. The van der Waals surface area contributed by atoms with Crippen LogP contribution in [0.1, 0.15) is 6.42 Å². The molecule has 140 valence electrons. The van der Waals surface area contributed by atoms with Gasteiger partial charge in [-0.25, -0.2) is 9.97 Å². The Labute approximate surface area is 153 Å². The predicted octanol–water partition coefficient (Wildman–Crippen LogP) is 1.06. The molecule has 0 bridgehead atoms. The van der Waals surface area contributed by atoms with Gasteiger partial charge in [0.1, 0.15) is 23.8 Å². The normalized spacial score (nSPS) is 16.5. The minimum absolute atomic E-state index is 0.308.